The summed E-state index contributed by atoms with van der Waals surface area (Å²) in [5, 5.41) is 29.9. The monoisotopic (exact) mass is 347 g/mol. The molecule has 3 rings (SSSR count). The standard InChI is InChI=1S/C12H2ClN5O2S2/c13-5-1-6-7(2-8(5)18(19)20)17-12-11(16-6)21-9(3-14)10(4-15)22-12/h1-2H. The minimum absolute atomic E-state index is 0.0334. The first-order chi connectivity index (χ1) is 10.5. The fourth-order valence-corrected chi connectivity index (χ4v) is 3.78. The third-order valence-corrected chi connectivity index (χ3v) is 5.19. The molecule has 1 aliphatic rings. The quantitative estimate of drug-likeness (QED) is 0.566. The lowest BCUT2D eigenvalue weighted by molar-refractivity contribution is -0.384. The largest absolute Gasteiger partial charge is 0.290 e. The molecular formula is C12H2ClN5O2S2. The molecule has 0 bridgehead atoms. The summed E-state index contributed by atoms with van der Waals surface area (Å²) in [6, 6.07) is 6.49. The third-order valence-electron chi connectivity index (χ3n) is 2.67. The number of nitro groups is 1. The Morgan fingerprint density at radius 3 is 2.05 bits per heavy atom. The number of rotatable bonds is 1. The average molecular weight is 348 g/mol. The van der Waals surface area contributed by atoms with Crippen molar-refractivity contribution in [2.24, 2.45) is 0 Å². The van der Waals surface area contributed by atoms with Gasteiger partial charge in [0.05, 0.1) is 16.0 Å². The molecule has 1 aliphatic heterocycles. The van der Waals surface area contributed by atoms with Crippen molar-refractivity contribution in [3.05, 3.63) is 37.1 Å². The smallest absolute Gasteiger partial charge is 0.258 e. The van der Waals surface area contributed by atoms with Crippen molar-refractivity contribution in [2.75, 3.05) is 0 Å². The molecule has 106 valence electrons. The molecule has 0 atom stereocenters. The van der Waals surface area contributed by atoms with Gasteiger partial charge in [-0.3, -0.25) is 10.1 Å². The van der Waals surface area contributed by atoms with Crippen molar-refractivity contribution in [1.82, 2.24) is 9.97 Å². The van der Waals surface area contributed by atoms with Crippen LogP contribution in [0.25, 0.3) is 11.0 Å². The van der Waals surface area contributed by atoms with Gasteiger partial charge in [0.2, 0.25) is 0 Å². The van der Waals surface area contributed by atoms with Gasteiger partial charge in [-0.15, -0.1) is 0 Å². The van der Waals surface area contributed by atoms with E-state index in [2.05, 4.69) is 9.97 Å². The maximum absolute atomic E-state index is 10.9. The highest BCUT2D eigenvalue weighted by molar-refractivity contribution is 8.09. The maximum atomic E-state index is 10.9. The Hall–Kier alpha value is -2.33. The van der Waals surface area contributed by atoms with E-state index in [4.69, 9.17) is 22.1 Å². The highest BCUT2D eigenvalue weighted by Crippen LogP contribution is 2.45. The third kappa shape index (κ3) is 2.35. The molecule has 0 amide bonds. The second-order valence-electron chi connectivity index (χ2n) is 3.97. The minimum Gasteiger partial charge on any atom is -0.258 e. The number of aromatic nitrogens is 2. The van der Waals surface area contributed by atoms with Crippen LogP contribution < -0.4 is 0 Å². The Morgan fingerprint density at radius 1 is 1.09 bits per heavy atom. The van der Waals surface area contributed by atoms with E-state index in [1.165, 1.54) is 12.1 Å². The van der Waals surface area contributed by atoms with Crippen LogP contribution in [0.3, 0.4) is 0 Å². The van der Waals surface area contributed by atoms with Crippen LogP contribution in [0.4, 0.5) is 5.69 Å². The first-order valence-electron chi connectivity index (χ1n) is 5.59. The van der Waals surface area contributed by atoms with Crippen molar-refractivity contribution < 1.29 is 4.92 Å². The fraction of sp³-hybridized carbons (Fsp3) is 0. The Bertz CT molecular complexity index is 961. The van der Waals surface area contributed by atoms with Crippen LogP contribution in [0.5, 0.6) is 0 Å². The van der Waals surface area contributed by atoms with Crippen molar-refractivity contribution in [3.63, 3.8) is 0 Å². The van der Waals surface area contributed by atoms with E-state index in [1.807, 2.05) is 12.1 Å². The van der Waals surface area contributed by atoms with Crippen molar-refractivity contribution >= 4 is 51.8 Å². The number of allylic oxidation sites excluding steroid dienone is 2. The van der Waals surface area contributed by atoms with E-state index in [0.29, 0.717) is 21.1 Å². The molecule has 2 heterocycles. The summed E-state index contributed by atoms with van der Waals surface area (Å²) in [5.41, 5.74) is 0.437. The van der Waals surface area contributed by atoms with Gasteiger partial charge in [0.1, 0.15) is 37.0 Å². The van der Waals surface area contributed by atoms with Gasteiger partial charge in [-0.25, -0.2) is 9.97 Å². The van der Waals surface area contributed by atoms with Crippen LogP contribution in [0.2, 0.25) is 5.02 Å². The molecule has 0 saturated heterocycles. The molecule has 0 unspecified atom stereocenters. The van der Waals surface area contributed by atoms with Crippen molar-refractivity contribution in [1.29, 1.82) is 10.5 Å². The Balaban J connectivity index is 2.20. The van der Waals surface area contributed by atoms with Gasteiger partial charge in [-0.2, -0.15) is 10.5 Å². The number of halogens is 1. The van der Waals surface area contributed by atoms with E-state index in [9.17, 15) is 10.1 Å². The molecule has 0 N–H and O–H groups in total. The van der Waals surface area contributed by atoms with E-state index in [0.717, 1.165) is 23.5 Å². The van der Waals surface area contributed by atoms with Crippen LogP contribution in [0.1, 0.15) is 0 Å². The van der Waals surface area contributed by atoms with Gasteiger partial charge in [0, 0.05) is 6.07 Å². The van der Waals surface area contributed by atoms with Crippen LogP contribution in [-0.2, 0) is 0 Å². The molecule has 0 aliphatic carbocycles. The first kappa shape index (κ1) is 14.6. The number of hydrogen-bond acceptors (Lipinski definition) is 8. The topological polar surface area (TPSA) is 116 Å². The van der Waals surface area contributed by atoms with Gasteiger partial charge < -0.3 is 0 Å². The average Bonchev–Trinajstić information content (AvgIpc) is 2.50. The van der Waals surface area contributed by atoms with Gasteiger partial charge in [0.25, 0.3) is 5.69 Å². The SMILES string of the molecule is N#CC1=C(C#N)Sc2nc3cc([N+](=O)[O-])c(Cl)cc3nc2S1. The summed E-state index contributed by atoms with van der Waals surface area (Å²) in [6.07, 6.45) is 0. The van der Waals surface area contributed by atoms with Gasteiger partial charge >= 0.3 is 0 Å². The first-order valence-corrected chi connectivity index (χ1v) is 7.60. The highest BCUT2D eigenvalue weighted by Gasteiger charge is 2.24. The van der Waals surface area contributed by atoms with Crippen LogP contribution in [0.15, 0.2) is 32.0 Å². The molecule has 10 heteroatoms. The Kier molecular flexibility index (Phi) is 3.62. The molecule has 0 radical (unpaired) electrons. The number of hydrogen-bond donors (Lipinski definition) is 0. The number of fused-ring (bicyclic) bond motifs is 2. The highest BCUT2D eigenvalue weighted by atomic mass is 35.5. The van der Waals surface area contributed by atoms with Crippen LogP contribution in [-0.4, -0.2) is 14.9 Å². The number of benzene rings is 1. The van der Waals surface area contributed by atoms with E-state index in [1.54, 1.807) is 0 Å². The number of nitro benzene ring substituents is 1. The Labute approximate surface area is 136 Å². The molecule has 0 saturated carbocycles. The van der Waals surface area contributed by atoms with Crippen molar-refractivity contribution in [2.45, 2.75) is 10.1 Å². The van der Waals surface area contributed by atoms with Crippen molar-refractivity contribution in [3.8, 4) is 12.1 Å². The number of nitrogens with zero attached hydrogens (tertiary/aromatic N) is 5. The van der Waals surface area contributed by atoms with Gasteiger partial charge in [0.15, 0.2) is 0 Å². The number of thioether (sulfide) groups is 2. The predicted molar refractivity (Wildman–Crippen MR) is 81.2 cm³/mol. The molecule has 0 fully saturated rings. The summed E-state index contributed by atoms with van der Waals surface area (Å²) in [4.78, 5) is 19.4. The summed E-state index contributed by atoms with van der Waals surface area (Å²) < 4.78 is 0. The summed E-state index contributed by atoms with van der Waals surface area (Å²) in [6.45, 7) is 0. The minimum atomic E-state index is -0.598. The Morgan fingerprint density at radius 2 is 1.59 bits per heavy atom. The van der Waals surface area contributed by atoms with E-state index in [-0.39, 0.29) is 20.5 Å². The zero-order valence-corrected chi connectivity index (χ0v) is 12.8. The summed E-state index contributed by atoms with van der Waals surface area (Å²) in [7, 11) is 0. The normalized spacial score (nSPS) is 13.4. The second-order valence-corrected chi connectivity index (χ2v) is 6.37. The zero-order chi connectivity index (χ0) is 15.9. The summed E-state index contributed by atoms with van der Waals surface area (Å²) in [5.74, 6) is 0. The van der Waals surface area contributed by atoms with Gasteiger partial charge in [-0.1, -0.05) is 35.1 Å². The molecule has 2 aromatic rings. The summed E-state index contributed by atoms with van der Waals surface area (Å²) >= 11 is 7.92. The molecule has 7 nitrogen and oxygen atoms in total. The number of nitriles is 2. The molecule has 1 aromatic heterocycles. The maximum Gasteiger partial charge on any atom is 0.290 e. The lowest BCUT2D eigenvalue weighted by atomic mass is 10.2. The van der Waals surface area contributed by atoms with Crippen LogP contribution >= 0.6 is 35.1 Å². The molecule has 0 spiro atoms. The van der Waals surface area contributed by atoms with Crippen LogP contribution in [0, 0.1) is 32.8 Å². The second kappa shape index (κ2) is 5.46. The molecule has 1 aromatic carbocycles. The predicted octanol–water partition coefficient (Wildman–Crippen LogP) is 3.65. The fourth-order valence-electron chi connectivity index (χ4n) is 1.74. The molecule has 22 heavy (non-hydrogen) atoms. The van der Waals surface area contributed by atoms with E-state index < -0.39 is 4.92 Å². The van der Waals surface area contributed by atoms with Gasteiger partial charge in [-0.05, 0) is 6.07 Å². The zero-order valence-electron chi connectivity index (χ0n) is 10.4. The lowest BCUT2D eigenvalue weighted by Crippen LogP contribution is -1.99. The van der Waals surface area contributed by atoms with E-state index >= 15 is 0 Å². The molecular weight excluding hydrogens is 346 g/mol. The lowest BCUT2D eigenvalue weighted by Gasteiger charge is -2.13.